The molecule has 0 saturated carbocycles. The normalized spacial score (nSPS) is 17.7. The van der Waals surface area contributed by atoms with Crippen molar-refractivity contribution in [1.29, 1.82) is 0 Å². The zero-order chi connectivity index (χ0) is 23.4. The summed E-state index contributed by atoms with van der Waals surface area (Å²) in [5.41, 5.74) is 2.04. The molecular formula is C25H32N2O5. The van der Waals surface area contributed by atoms with Crippen LogP contribution in [0.1, 0.15) is 60.6 Å². The Labute approximate surface area is 189 Å². The van der Waals surface area contributed by atoms with Crippen LogP contribution in [-0.4, -0.2) is 50.6 Å². The average molecular weight is 441 g/mol. The zero-order valence-corrected chi connectivity index (χ0v) is 19.6. The number of nitrogens with zero attached hydrogens (tertiary/aromatic N) is 1. The summed E-state index contributed by atoms with van der Waals surface area (Å²) in [6, 6.07) is 10.4. The highest BCUT2D eigenvalue weighted by atomic mass is 16.5. The van der Waals surface area contributed by atoms with E-state index in [0.717, 1.165) is 17.5 Å². The van der Waals surface area contributed by atoms with Crippen molar-refractivity contribution in [1.82, 2.24) is 10.2 Å². The Morgan fingerprint density at radius 2 is 1.69 bits per heavy atom. The summed E-state index contributed by atoms with van der Waals surface area (Å²) >= 11 is 0. The number of hydrogen-bond donors (Lipinski definition) is 1. The molecule has 0 saturated heterocycles. The number of amides is 2. The zero-order valence-electron chi connectivity index (χ0n) is 19.6. The van der Waals surface area contributed by atoms with E-state index in [4.69, 9.17) is 14.2 Å². The van der Waals surface area contributed by atoms with E-state index >= 15 is 0 Å². The lowest BCUT2D eigenvalue weighted by molar-refractivity contribution is -0.124. The van der Waals surface area contributed by atoms with Crippen LogP contribution in [0.4, 0.5) is 0 Å². The molecule has 1 aliphatic rings. The second-order valence-electron chi connectivity index (χ2n) is 8.13. The lowest BCUT2D eigenvalue weighted by Crippen LogP contribution is -2.48. The van der Waals surface area contributed by atoms with Gasteiger partial charge in [0, 0.05) is 18.2 Å². The van der Waals surface area contributed by atoms with Gasteiger partial charge in [-0.25, -0.2) is 0 Å². The molecule has 0 spiro atoms. The highest BCUT2D eigenvalue weighted by Crippen LogP contribution is 2.47. The first kappa shape index (κ1) is 23.4. The largest absolute Gasteiger partial charge is 0.493 e. The predicted octanol–water partition coefficient (Wildman–Crippen LogP) is 3.93. The minimum Gasteiger partial charge on any atom is -0.493 e. The number of benzene rings is 2. The van der Waals surface area contributed by atoms with Crippen molar-refractivity contribution in [2.75, 3.05) is 27.9 Å². The molecule has 2 aromatic carbocycles. The maximum atomic E-state index is 13.5. The molecule has 7 heteroatoms. The van der Waals surface area contributed by atoms with E-state index in [1.807, 2.05) is 51.1 Å². The summed E-state index contributed by atoms with van der Waals surface area (Å²) in [4.78, 5) is 28.8. The van der Waals surface area contributed by atoms with E-state index in [0.29, 0.717) is 29.4 Å². The summed E-state index contributed by atoms with van der Waals surface area (Å²) in [7, 11) is 4.65. The molecule has 172 valence electrons. The van der Waals surface area contributed by atoms with Gasteiger partial charge >= 0.3 is 0 Å². The number of fused-ring (bicyclic) bond motifs is 1. The Balaban J connectivity index is 2.27. The van der Waals surface area contributed by atoms with Gasteiger partial charge in [-0.2, -0.15) is 0 Å². The van der Waals surface area contributed by atoms with Crippen molar-refractivity contribution in [3.8, 4) is 17.2 Å². The van der Waals surface area contributed by atoms with Crippen LogP contribution in [0.25, 0.3) is 0 Å². The van der Waals surface area contributed by atoms with Crippen LogP contribution in [-0.2, 0) is 4.79 Å². The van der Waals surface area contributed by atoms with Crippen LogP contribution in [0, 0.1) is 0 Å². The number of nitrogens with one attached hydrogen (secondary N) is 1. The third-order valence-corrected chi connectivity index (χ3v) is 5.65. The molecule has 0 bridgehead atoms. The monoisotopic (exact) mass is 440 g/mol. The standard InChI is InChI=1S/C25H32N2O5/c1-7-12-27-22(16-13-19(30-4)23(32-6)20(14-16)31-5)21(24(28)26-15(2)3)17-10-8-9-11-18(17)25(27)29/h8-11,13-15,21-22H,7,12H2,1-6H3,(H,26,28)/t21-,22-/m1/s1. The third-order valence-electron chi connectivity index (χ3n) is 5.65. The molecule has 7 nitrogen and oxygen atoms in total. The Kier molecular flexibility index (Phi) is 7.28. The van der Waals surface area contributed by atoms with Gasteiger partial charge in [-0.3, -0.25) is 9.59 Å². The molecule has 2 atom stereocenters. The second kappa shape index (κ2) is 9.94. The number of methoxy groups -OCH3 is 3. The lowest BCUT2D eigenvalue weighted by Gasteiger charge is -2.42. The first-order chi connectivity index (χ1) is 15.4. The van der Waals surface area contributed by atoms with Gasteiger partial charge < -0.3 is 24.4 Å². The van der Waals surface area contributed by atoms with Crippen LogP contribution in [0.15, 0.2) is 36.4 Å². The molecular weight excluding hydrogens is 408 g/mol. The van der Waals surface area contributed by atoms with Crippen LogP contribution in [0.3, 0.4) is 0 Å². The van der Waals surface area contributed by atoms with Crippen molar-refractivity contribution in [3.63, 3.8) is 0 Å². The second-order valence-corrected chi connectivity index (χ2v) is 8.13. The number of rotatable bonds is 8. The molecule has 0 aromatic heterocycles. The Hall–Kier alpha value is -3.22. The van der Waals surface area contributed by atoms with Gasteiger partial charge in [0.15, 0.2) is 11.5 Å². The van der Waals surface area contributed by atoms with Crippen molar-refractivity contribution < 1.29 is 23.8 Å². The van der Waals surface area contributed by atoms with Crippen molar-refractivity contribution in [2.24, 2.45) is 0 Å². The summed E-state index contributed by atoms with van der Waals surface area (Å²) in [6.07, 6.45) is 0.757. The maximum absolute atomic E-state index is 13.5. The van der Waals surface area contributed by atoms with E-state index in [2.05, 4.69) is 5.32 Å². The summed E-state index contributed by atoms with van der Waals surface area (Å²) in [5.74, 6) is 0.627. The van der Waals surface area contributed by atoms with Gasteiger partial charge in [-0.15, -0.1) is 0 Å². The van der Waals surface area contributed by atoms with Gasteiger partial charge in [0.1, 0.15) is 0 Å². The first-order valence-corrected chi connectivity index (χ1v) is 10.9. The van der Waals surface area contributed by atoms with Crippen LogP contribution in [0.2, 0.25) is 0 Å². The van der Waals surface area contributed by atoms with Crippen LogP contribution < -0.4 is 19.5 Å². The minimum absolute atomic E-state index is 0.0347. The highest BCUT2D eigenvalue weighted by Gasteiger charge is 2.44. The predicted molar refractivity (Wildman–Crippen MR) is 123 cm³/mol. The lowest BCUT2D eigenvalue weighted by atomic mass is 9.78. The molecule has 1 heterocycles. The fourth-order valence-electron chi connectivity index (χ4n) is 4.38. The van der Waals surface area contributed by atoms with E-state index < -0.39 is 12.0 Å². The van der Waals surface area contributed by atoms with Crippen LogP contribution >= 0.6 is 0 Å². The highest BCUT2D eigenvalue weighted by molar-refractivity contribution is 6.01. The number of hydrogen-bond acceptors (Lipinski definition) is 5. The Morgan fingerprint density at radius 1 is 1.06 bits per heavy atom. The quantitative estimate of drug-likeness (QED) is 0.673. The fourth-order valence-corrected chi connectivity index (χ4v) is 4.38. The first-order valence-electron chi connectivity index (χ1n) is 10.9. The maximum Gasteiger partial charge on any atom is 0.254 e. The Morgan fingerprint density at radius 3 is 2.22 bits per heavy atom. The van der Waals surface area contributed by atoms with Gasteiger partial charge in [0.25, 0.3) is 5.91 Å². The van der Waals surface area contributed by atoms with E-state index in [9.17, 15) is 9.59 Å². The van der Waals surface area contributed by atoms with E-state index in [1.54, 1.807) is 32.3 Å². The average Bonchev–Trinajstić information content (AvgIpc) is 2.79. The van der Waals surface area contributed by atoms with Crippen molar-refractivity contribution in [2.45, 2.75) is 45.2 Å². The number of carbonyl (C=O) groups is 2. The summed E-state index contributed by atoms with van der Waals surface area (Å²) in [6.45, 7) is 6.38. The third kappa shape index (κ3) is 4.24. The molecule has 0 radical (unpaired) electrons. The summed E-state index contributed by atoms with van der Waals surface area (Å²) in [5, 5.41) is 3.05. The van der Waals surface area contributed by atoms with Gasteiger partial charge in [-0.1, -0.05) is 25.1 Å². The molecule has 2 aromatic rings. The van der Waals surface area contributed by atoms with Gasteiger partial charge in [0.05, 0.1) is 33.3 Å². The minimum atomic E-state index is -0.583. The van der Waals surface area contributed by atoms with Gasteiger partial charge in [-0.05, 0) is 49.6 Å². The molecule has 1 aliphatic heterocycles. The molecule has 1 N–H and O–H groups in total. The molecule has 32 heavy (non-hydrogen) atoms. The smallest absolute Gasteiger partial charge is 0.254 e. The molecule has 0 aliphatic carbocycles. The summed E-state index contributed by atoms with van der Waals surface area (Å²) < 4.78 is 16.6. The molecule has 0 unspecified atom stereocenters. The SMILES string of the molecule is CCCN1C(=O)c2ccccc2[C@@H](C(=O)NC(C)C)[C@H]1c1cc(OC)c(OC)c(OC)c1. The van der Waals surface area contributed by atoms with E-state index in [-0.39, 0.29) is 17.9 Å². The molecule has 2 amide bonds. The van der Waals surface area contributed by atoms with Crippen molar-refractivity contribution in [3.05, 3.63) is 53.1 Å². The number of ether oxygens (including phenoxy) is 3. The number of carbonyl (C=O) groups excluding carboxylic acids is 2. The topological polar surface area (TPSA) is 77.1 Å². The van der Waals surface area contributed by atoms with Crippen LogP contribution in [0.5, 0.6) is 17.2 Å². The van der Waals surface area contributed by atoms with Gasteiger partial charge in [0.2, 0.25) is 11.7 Å². The van der Waals surface area contributed by atoms with Crippen molar-refractivity contribution >= 4 is 11.8 Å². The van der Waals surface area contributed by atoms with E-state index in [1.165, 1.54) is 0 Å². The molecule has 3 rings (SSSR count). The molecule has 0 fully saturated rings. The Bertz CT molecular complexity index is 963. The fraction of sp³-hybridized carbons (Fsp3) is 0.440.